The second-order valence-electron chi connectivity index (χ2n) is 5.17. The van der Waals surface area contributed by atoms with E-state index in [2.05, 4.69) is 5.32 Å². The Kier molecular flexibility index (Phi) is 4.15. The van der Waals surface area contributed by atoms with Crippen LogP contribution in [0.5, 0.6) is 5.75 Å². The normalized spacial score (nSPS) is 13.0. The predicted molar refractivity (Wildman–Crippen MR) is 86.3 cm³/mol. The Bertz CT molecular complexity index is 801. The highest BCUT2D eigenvalue weighted by molar-refractivity contribution is 6.05. The van der Waals surface area contributed by atoms with E-state index in [1.165, 1.54) is 29.2 Å². The summed E-state index contributed by atoms with van der Waals surface area (Å²) in [4.78, 5) is 36.4. The first kappa shape index (κ1) is 15.5. The molecule has 24 heavy (non-hydrogen) atoms. The summed E-state index contributed by atoms with van der Waals surface area (Å²) in [7, 11) is 0. The average Bonchev–Trinajstić information content (AvgIpc) is 2.58. The van der Waals surface area contributed by atoms with Crippen LogP contribution in [0.3, 0.4) is 0 Å². The van der Waals surface area contributed by atoms with E-state index >= 15 is 0 Å². The molecule has 0 aliphatic carbocycles. The molecule has 0 saturated heterocycles. The number of carboxylic acid groups (broad SMARTS) is 1. The molecule has 2 aromatic carbocycles. The summed E-state index contributed by atoms with van der Waals surface area (Å²) in [6, 6.07) is 12.8. The summed E-state index contributed by atoms with van der Waals surface area (Å²) in [6.07, 6.45) is 0. The molecule has 7 heteroatoms. The fraction of sp³-hybridized carbons (Fsp3) is 0.118. The minimum Gasteiger partial charge on any atom is -0.482 e. The van der Waals surface area contributed by atoms with Crippen LogP contribution in [0.4, 0.5) is 11.4 Å². The van der Waals surface area contributed by atoms with Crippen LogP contribution in [-0.4, -0.2) is 36.0 Å². The van der Waals surface area contributed by atoms with Crippen LogP contribution in [0.1, 0.15) is 10.4 Å². The monoisotopic (exact) mass is 326 g/mol. The van der Waals surface area contributed by atoms with Crippen molar-refractivity contribution in [1.29, 1.82) is 0 Å². The van der Waals surface area contributed by atoms with Gasteiger partial charge in [0.05, 0.1) is 11.3 Å². The lowest BCUT2D eigenvalue weighted by Crippen LogP contribution is -2.43. The summed E-state index contributed by atoms with van der Waals surface area (Å²) >= 11 is 0. The van der Waals surface area contributed by atoms with Crippen LogP contribution in [-0.2, 0) is 9.59 Å². The first-order valence-electron chi connectivity index (χ1n) is 7.20. The van der Waals surface area contributed by atoms with Gasteiger partial charge < -0.3 is 15.2 Å². The number of anilines is 2. The van der Waals surface area contributed by atoms with Crippen LogP contribution in [0.2, 0.25) is 0 Å². The van der Waals surface area contributed by atoms with Gasteiger partial charge in [-0.15, -0.1) is 0 Å². The largest absolute Gasteiger partial charge is 0.482 e. The fourth-order valence-corrected chi connectivity index (χ4v) is 2.37. The molecule has 1 heterocycles. The Morgan fingerprint density at radius 2 is 1.83 bits per heavy atom. The molecule has 2 N–H and O–H groups in total. The molecular weight excluding hydrogens is 312 g/mol. The van der Waals surface area contributed by atoms with Gasteiger partial charge in [0.2, 0.25) is 5.91 Å². The van der Waals surface area contributed by atoms with Crippen molar-refractivity contribution in [2.75, 3.05) is 23.4 Å². The number of nitrogens with zero attached hydrogens (tertiary/aromatic N) is 1. The number of para-hydroxylation sites is 2. The Morgan fingerprint density at radius 1 is 1.12 bits per heavy atom. The zero-order chi connectivity index (χ0) is 17.1. The van der Waals surface area contributed by atoms with Gasteiger partial charge in [-0.05, 0) is 36.4 Å². The standard InChI is InChI=1S/C17H14N2O5/c20-15(18-12-7-5-11(6-8-12)17(22)23)9-19-13-3-1-2-4-14(13)24-10-16(19)21/h1-8H,9-10H2,(H,18,20)(H,22,23). The summed E-state index contributed by atoms with van der Waals surface area (Å²) < 4.78 is 5.32. The van der Waals surface area contributed by atoms with Crippen molar-refractivity contribution in [3.63, 3.8) is 0 Å². The van der Waals surface area contributed by atoms with Crippen molar-refractivity contribution >= 4 is 29.2 Å². The molecule has 2 aromatic rings. The van der Waals surface area contributed by atoms with Gasteiger partial charge in [-0.1, -0.05) is 12.1 Å². The zero-order valence-corrected chi connectivity index (χ0v) is 12.6. The molecule has 7 nitrogen and oxygen atoms in total. The summed E-state index contributed by atoms with van der Waals surface area (Å²) in [5.41, 5.74) is 1.13. The second kappa shape index (κ2) is 6.41. The number of benzene rings is 2. The number of hydrogen-bond acceptors (Lipinski definition) is 4. The molecule has 0 spiro atoms. The smallest absolute Gasteiger partial charge is 0.335 e. The van der Waals surface area contributed by atoms with Gasteiger partial charge in [0.25, 0.3) is 5.91 Å². The van der Waals surface area contributed by atoms with Gasteiger partial charge in [0.1, 0.15) is 12.3 Å². The lowest BCUT2D eigenvalue weighted by molar-refractivity contribution is -0.123. The van der Waals surface area contributed by atoms with Gasteiger partial charge in [0, 0.05) is 5.69 Å². The number of hydrogen-bond donors (Lipinski definition) is 2. The van der Waals surface area contributed by atoms with E-state index in [1.807, 2.05) is 0 Å². The van der Waals surface area contributed by atoms with E-state index in [9.17, 15) is 14.4 Å². The Balaban J connectivity index is 1.70. The highest BCUT2D eigenvalue weighted by atomic mass is 16.5. The molecule has 0 unspecified atom stereocenters. The van der Waals surface area contributed by atoms with Crippen LogP contribution in [0, 0.1) is 0 Å². The number of fused-ring (bicyclic) bond motifs is 1. The third-order valence-electron chi connectivity index (χ3n) is 3.53. The van der Waals surface area contributed by atoms with E-state index in [-0.39, 0.29) is 30.5 Å². The van der Waals surface area contributed by atoms with Crippen molar-refractivity contribution in [2.45, 2.75) is 0 Å². The predicted octanol–water partition coefficient (Wildman–Crippen LogP) is 1.75. The minimum absolute atomic E-state index is 0.113. The number of carbonyl (C=O) groups is 3. The second-order valence-corrected chi connectivity index (χ2v) is 5.17. The Morgan fingerprint density at radius 3 is 2.54 bits per heavy atom. The minimum atomic E-state index is -1.04. The molecule has 0 radical (unpaired) electrons. The van der Waals surface area contributed by atoms with Gasteiger partial charge in [-0.25, -0.2) is 4.79 Å². The van der Waals surface area contributed by atoms with E-state index in [0.717, 1.165) is 0 Å². The number of ether oxygens (including phenoxy) is 1. The highest BCUT2D eigenvalue weighted by Crippen LogP contribution is 2.31. The molecule has 1 aliphatic rings. The molecule has 3 rings (SSSR count). The molecule has 0 atom stereocenters. The van der Waals surface area contributed by atoms with Crippen molar-refractivity contribution in [3.05, 3.63) is 54.1 Å². The van der Waals surface area contributed by atoms with Crippen molar-refractivity contribution < 1.29 is 24.2 Å². The van der Waals surface area contributed by atoms with E-state index < -0.39 is 5.97 Å². The van der Waals surface area contributed by atoms with E-state index in [4.69, 9.17) is 9.84 Å². The van der Waals surface area contributed by atoms with Crippen molar-refractivity contribution in [3.8, 4) is 5.75 Å². The maximum absolute atomic E-state index is 12.2. The molecule has 0 aromatic heterocycles. The number of carboxylic acids is 1. The van der Waals surface area contributed by atoms with Crippen LogP contribution in [0.15, 0.2) is 48.5 Å². The maximum Gasteiger partial charge on any atom is 0.335 e. The van der Waals surface area contributed by atoms with Crippen molar-refractivity contribution in [1.82, 2.24) is 0 Å². The molecular formula is C17H14N2O5. The van der Waals surface area contributed by atoms with Crippen molar-refractivity contribution in [2.24, 2.45) is 0 Å². The average molecular weight is 326 g/mol. The summed E-state index contributed by atoms with van der Waals surface area (Å²) in [5.74, 6) is -1.17. The Labute approximate surface area is 137 Å². The zero-order valence-electron chi connectivity index (χ0n) is 12.6. The summed E-state index contributed by atoms with van der Waals surface area (Å²) in [5, 5.41) is 11.5. The molecule has 2 amide bonds. The number of rotatable bonds is 4. The van der Waals surface area contributed by atoms with Gasteiger partial charge in [-0.2, -0.15) is 0 Å². The van der Waals surface area contributed by atoms with E-state index in [0.29, 0.717) is 17.1 Å². The lowest BCUT2D eigenvalue weighted by atomic mass is 10.2. The topological polar surface area (TPSA) is 95.9 Å². The summed E-state index contributed by atoms with van der Waals surface area (Å²) in [6.45, 7) is -0.266. The van der Waals surface area contributed by atoms with Gasteiger partial charge in [0.15, 0.2) is 6.61 Å². The first-order valence-corrected chi connectivity index (χ1v) is 7.20. The molecule has 0 saturated carbocycles. The Hall–Kier alpha value is -3.35. The molecule has 1 aliphatic heterocycles. The first-order chi connectivity index (χ1) is 11.5. The number of amides is 2. The molecule has 0 bridgehead atoms. The third kappa shape index (κ3) is 3.19. The molecule has 122 valence electrons. The SMILES string of the molecule is O=C(CN1C(=O)COc2ccccc21)Nc1ccc(C(=O)O)cc1. The van der Waals surface area contributed by atoms with E-state index in [1.54, 1.807) is 24.3 Å². The quantitative estimate of drug-likeness (QED) is 0.892. The molecule has 0 fully saturated rings. The number of aromatic carboxylic acids is 1. The van der Waals surface area contributed by atoms with Gasteiger partial charge in [-0.3, -0.25) is 14.5 Å². The maximum atomic E-state index is 12.2. The third-order valence-corrected chi connectivity index (χ3v) is 3.53. The lowest BCUT2D eigenvalue weighted by Gasteiger charge is -2.28. The van der Waals surface area contributed by atoms with Crippen LogP contribution >= 0.6 is 0 Å². The highest BCUT2D eigenvalue weighted by Gasteiger charge is 2.26. The van der Waals surface area contributed by atoms with Gasteiger partial charge >= 0.3 is 5.97 Å². The van der Waals surface area contributed by atoms with Crippen LogP contribution < -0.4 is 15.0 Å². The van der Waals surface area contributed by atoms with Crippen LogP contribution in [0.25, 0.3) is 0 Å². The fourth-order valence-electron chi connectivity index (χ4n) is 2.37. The number of nitrogens with one attached hydrogen (secondary N) is 1. The number of carbonyl (C=O) groups excluding carboxylic acids is 2.